The van der Waals surface area contributed by atoms with Crippen LogP contribution in [0.1, 0.15) is 24.9 Å². The van der Waals surface area contributed by atoms with Crippen LogP contribution in [-0.2, 0) is 20.0 Å². The zero-order chi connectivity index (χ0) is 17.9. The quantitative estimate of drug-likeness (QED) is 0.561. The molecule has 0 saturated heterocycles. The first-order chi connectivity index (χ1) is 12.7. The predicted molar refractivity (Wildman–Crippen MR) is 101 cm³/mol. The minimum atomic E-state index is 0.565. The van der Waals surface area contributed by atoms with Gasteiger partial charge in [0.05, 0.1) is 23.8 Å². The summed E-state index contributed by atoms with van der Waals surface area (Å²) in [6, 6.07) is 1.79. The smallest absolute Gasteiger partial charge is 0.188 e. The predicted octanol–water partition coefficient (Wildman–Crippen LogP) is 2.84. The second-order valence-corrected chi connectivity index (χ2v) is 6.67. The third kappa shape index (κ3) is 3.25. The number of nitrogens with one attached hydrogen (secondary N) is 1. The molecule has 0 unspecified atom stereocenters. The number of aryl methyl sites for hydroxylation is 2. The Hall–Kier alpha value is -2.94. The van der Waals surface area contributed by atoms with Crippen LogP contribution in [0, 0.1) is 0 Å². The zero-order valence-electron chi connectivity index (χ0n) is 14.5. The molecule has 0 fully saturated rings. The Balaban J connectivity index is 1.57. The van der Waals surface area contributed by atoms with Crippen molar-refractivity contribution in [2.75, 3.05) is 5.32 Å². The van der Waals surface area contributed by atoms with Crippen molar-refractivity contribution in [2.24, 2.45) is 7.05 Å². The molecule has 0 aliphatic heterocycles. The van der Waals surface area contributed by atoms with E-state index in [9.17, 15) is 0 Å². The standard InChI is InChI=1S/C17H18N8S/c1-3-5-13-23-14(12-9-21-25(2)16(12)24-13)20-8-11-10-26-17(22-11)15-18-6-4-7-19-15/h4,6-7,9-10H,3,5,8H2,1-2H3,(H,20,23,24). The van der Waals surface area contributed by atoms with E-state index in [1.807, 2.05) is 12.4 Å². The zero-order valence-corrected chi connectivity index (χ0v) is 15.4. The van der Waals surface area contributed by atoms with Gasteiger partial charge in [-0.15, -0.1) is 11.3 Å². The molecule has 4 rings (SSSR count). The fourth-order valence-electron chi connectivity index (χ4n) is 2.61. The monoisotopic (exact) mass is 366 g/mol. The van der Waals surface area contributed by atoms with Gasteiger partial charge >= 0.3 is 0 Å². The van der Waals surface area contributed by atoms with Crippen LogP contribution >= 0.6 is 11.3 Å². The maximum absolute atomic E-state index is 4.66. The first-order valence-corrected chi connectivity index (χ1v) is 9.27. The number of rotatable bonds is 6. The van der Waals surface area contributed by atoms with Gasteiger partial charge in [0.15, 0.2) is 16.5 Å². The molecule has 4 heterocycles. The maximum Gasteiger partial charge on any atom is 0.188 e. The van der Waals surface area contributed by atoms with Gasteiger partial charge in [0.1, 0.15) is 11.6 Å². The van der Waals surface area contributed by atoms with Gasteiger partial charge in [0.25, 0.3) is 0 Å². The molecule has 0 radical (unpaired) electrons. The summed E-state index contributed by atoms with van der Waals surface area (Å²) in [5.74, 6) is 2.26. The summed E-state index contributed by atoms with van der Waals surface area (Å²) in [5.41, 5.74) is 1.76. The van der Waals surface area contributed by atoms with Gasteiger partial charge in [-0.25, -0.2) is 24.9 Å². The number of fused-ring (bicyclic) bond motifs is 1. The van der Waals surface area contributed by atoms with Crippen molar-refractivity contribution in [1.82, 2.24) is 34.7 Å². The summed E-state index contributed by atoms with van der Waals surface area (Å²) >= 11 is 1.53. The lowest BCUT2D eigenvalue weighted by Gasteiger charge is -2.07. The van der Waals surface area contributed by atoms with Crippen LogP contribution in [0.3, 0.4) is 0 Å². The molecule has 0 amide bonds. The van der Waals surface area contributed by atoms with E-state index in [-0.39, 0.29) is 0 Å². The lowest BCUT2D eigenvalue weighted by Crippen LogP contribution is -2.06. The first kappa shape index (κ1) is 16.5. The van der Waals surface area contributed by atoms with Crippen LogP contribution in [0.15, 0.2) is 30.0 Å². The van der Waals surface area contributed by atoms with E-state index in [1.54, 1.807) is 29.3 Å². The fourth-order valence-corrected chi connectivity index (χ4v) is 3.38. The lowest BCUT2D eigenvalue weighted by molar-refractivity contribution is 0.772. The normalized spacial score (nSPS) is 11.2. The Bertz CT molecular complexity index is 1020. The van der Waals surface area contributed by atoms with Gasteiger partial charge < -0.3 is 5.32 Å². The minimum absolute atomic E-state index is 0.565. The number of nitrogens with zero attached hydrogens (tertiary/aromatic N) is 7. The summed E-state index contributed by atoms with van der Waals surface area (Å²) in [4.78, 5) is 22.4. The first-order valence-electron chi connectivity index (χ1n) is 8.39. The van der Waals surface area contributed by atoms with Crippen molar-refractivity contribution in [2.45, 2.75) is 26.3 Å². The molecule has 0 aromatic carbocycles. The van der Waals surface area contributed by atoms with Crippen molar-refractivity contribution in [1.29, 1.82) is 0 Å². The van der Waals surface area contributed by atoms with Crippen molar-refractivity contribution >= 4 is 28.2 Å². The Kier molecular flexibility index (Phi) is 4.53. The Labute approximate surface area is 154 Å². The third-order valence-corrected chi connectivity index (χ3v) is 4.74. The molecule has 1 N–H and O–H groups in total. The molecular formula is C17H18N8S. The largest absolute Gasteiger partial charge is 0.364 e. The summed E-state index contributed by atoms with van der Waals surface area (Å²) in [6.07, 6.45) is 7.06. The molecule has 26 heavy (non-hydrogen) atoms. The topological polar surface area (TPSA) is 94.3 Å². The number of thiazole rings is 1. The molecule has 0 atom stereocenters. The van der Waals surface area contributed by atoms with E-state index in [0.717, 1.165) is 46.2 Å². The van der Waals surface area contributed by atoms with E-state index in [4.69, 9.17) is 0 Å². The SMILES string of the molecule is CCCc1nc(NCc2csc(-c3ncccn3)n2)c2cnn(C)c2n1. The molecule has 4 aromatic rings. The molecule has 8 nitrogen and oxygen atoms in total. The van der Waals surface area contributed by atoms with Gasteiger partial charge in [-0.2, -0.15) is 5.10 Å². The van der Waals surface area contributed by atoms with Gasteiger partial charge in [-0.1, -0.05) is 6.92 Å². The number of aromatic nitrogens is 7. The van der Waals surface area contributed by atoms with E-state index < -0.39 is 0 Å². The van der Waals surface area contributed by atoms with Gasteiger partial charge in [-0.3, -0.25) is 4.68 Å². The molecule has 9 heteroatoms. The average molecular weight is 366 g/mol. The average Bonchev–Trinajstić information content (AvgIpc) is 3.28. The van der Waals surface area contributed by atoms with E-state index in [0.29, 0.717) is 12.4 Å². The number of hydrogen-bond acceptors (Lipinski definition) is 8. The van der Waals surface area contributed by atoms with Crippen LogP contribution < -0.4 is 5.32 Å². The van der Waals surface area contributed by atoms with E-state index >= 15 is 0 Å². The number of anilines is 1. The fraction of sp³-hybridized carbons (Fsp3) is 0.294. The lowest BCUT2D eigenvalue weighted by atomic mass is 10.3. The van der Waals surface area contributed by atoms with Crippen molar-refractivity contribution < 1.29 is 0 Å². The van der Waals surface area contributed by atoms with Crippen LogP contribution in [0.2, 0.25) is 0 Å². The van der Waals surface area contributed by atoms with Crippen LogP contribution in [-0.4, -0.2) is 34.7 Å². The maximum atomic E-state index is 4.66. The van der Waals surface area contributed by atoms with Crippen molar-refractivity contribution in [3.63, 3.8) is 0 Å². The highest BCUT2D eigenvalue weighted by atomic mass is 32.1. The van der Waals surface area contributed by atoms with E-state index in [2.05, 4.69) is 42.3 Å². The molecule has 132 valence electrons. The molecule has 4 aromatic heterocycles. The van der Waals surface area contributed by atoms with Crippen LogP contribution in [0.5, 0.6) is 0 Å². The van der Waals surface area contributed by atoms with Gasteiger partial charge in [0, 0.05) is 31.2 Å². The highest BCUT2D eigenvalue weighted by molar-refractivity contribution is 7.13. The number of hydrogen-bond donors (Lipinski definition) is 1. The van der Waals surface area contributed by atoms with Gasteiger partial charge in [0.2, 0.25) is 0 Å². The Morgan fingerprint density at radius 3 is 2.81 bits per heavy atom. The molecule has 0 saturated carbocycles. The molecule has 0 aliphatic carbocycles. The minimum Gasteiger partial charge on any atom is -0.364 e. The highest BCUT2D eigenvalue weighted by Crippen LogP contribution is 2.23. The van der Waals surface area contributed by atoms with Crippen molar-refractivity contribution in [3.05, 3.63) is 41.6 Å². The molecule has 0 aliphatic rings. The molecule has 0 spiro atoms. The summed E-state index contributed by atoms with van der Waals surface area (Å²) < 4.78 is 1.77. The highest BCUT2D eigenvalue weighted by Gasteiger charge is 2.12. The Morgan fingerprint density at radius 1 is 1.15 bits per heavy atom. The van der Waals surface area contributed by atoms with E-state index in [1.165, 1.54) is 11.3 Å². The summed E-state index contributed by atoms with van der Waals surface area (Å²) in [5, 5.41) is 11.4. The second kappa shape index (κ2) is 7.12. The molecular weight excluding hydrogens is 348 g/mol. The van der Waals surface area contributed by atoms with Gasteiger partial charge in [-0.05, 0) is 12.5 Å². The van der Waals surface area contributed by atoms with Crippen LogP contribution in [0.4, 0.5) is 5.82 Å². The van der Waals surface area contributed by atoms with Crippen molar-refractivity contribution in [3.8, 4) is 10.8 Å². The summed E-state index contributed by atoms with van der Waals surface area (Å²) in [7, 11) is 1.89. The second-order valence-electron chi connectivity index (χ2n) is 5.81. The molecule has 0 bridgehead atoms. The third-order valence-electron chi connectivity index (χ3n) is 3.86. The van der Waals surface area contributed by atoms with Crippen LogP contribution in [0.25, 0.3) is 21.9 Å². The summed E-state index contributed by atoms with van der Waals surface area (Å²) in [6.45, 7) is 2.68. The Morgan fingerprint density at radius 2 is 2.00 bits per heavy atom.